The van der Waals surface area contributed by atoms with Gasteiger partial charge in [0, 0.05) is 44.6 Å². The molecular weight excluding hydrogens is 402 g/mol. The molecule has 0 bridgehead atoms. The quantitative estimate of drug-likeness (QED) is 0.524. The van der Waals surface area contributed by atoms with E-state index in [2.05, 4.69) is 54.6 Å². The predicted octanol–water partition coefficient (Wildman–Crippen LogP) is 3.50. The van der Waals surface area contributed by atoms with Crippen LogP contribution in [0.25, 0.3) is 11.0 Å². The molecule has 3 aromatic rings. The van der Waals surface area contributed by atoms with Crippen LogP contribution in [-0.4, -0.2) is 64.0 Å². The molecule has 1 aromatic carbocycles. The highest BCUT2D eigenvalue weighted by atomic mass is 16.5. The van der Waals surface area contributed by atoms with Gasteiger partial charge in [-0.2, -0.15) is 10.1 Å². The van der Waals surface area contributed by atoms with Crippen molar-refractivity contribution in [3.63, 3.8) is 0 Å². The largest absolute Gasteiger partial charge is 0.379 e. The fourth-order valence-electron chi connectivity index (χ4n) is 4.62. The average molecular weight is 436 g/mol. The van der Waals surface area contributed by atoms with Crippen LogP contribution in [-0.2, 0) is 11.3 Å². The second-order valence-corrected chi connectivity index (χ2v) is 8.81. The van der Waals surface area contributed by atoms with Crippen molar-refractivity contribution in [2.24, 2.45) is 0 Å². The second kappa shape index (κ2) is 10.4. The molecule has 3 heterocycles. The Morgan fingerprint density at radius 1 is 1.00 bits per heavy atom. The van der Waals surface area contributed by atoms with Crippen molar-refractivity contribution in [2.75, 3.05) is 44.7 Å². The lowest BCUT2D eigenvalue weighted by molar-refractivity contribution is 0.0384. The van der Waals surface area contributed by atoms with Gasteiger partial charge < -0.3 is 15.4 Å². The lowest BCUT2D eigenvalue weighted by Gasteiger charge is -2.26. The van der Waals surface area contributed by atoms with E-state index >= 15 is 0 Å². The minimum atomic E-state index is 0.457. The van der Waals surface area contributed by atoms with Crippen LogP contribution in [0.5, 0.6) is 0 Å². The van der Waals surface area contributed by atoms with E-state index in [-0.39, 0.29) is 0 Å². The monoisotopic (exact) mass is 435 g/mol. The number of rotatable bonds is 8. The summed E-state index contributed by atoms with van der Waals surface area (Å²) in [7, 11) is 0. The van der Waals surface area contributed by atoms with Gasteiger partial charge in [-0.05, 0) is 30.5 Å². The van der Waals surface area contributed by atoms with Crippen molar-refractivity contribution in [2.45, 2.75) is 44.7 Å². The van der Waals surface area contributed by atoms with Crippen LogP contribution in [0.4, 0.5) is 11.6 Å². The third-order valence-electron chi connectivity index (χ3n) is 6.50. The Kier molecular flexibility index (Phi) is 6.91. The van der Waals surface area contributed by atoms with Gasteiger partial charge >= 0.3 is 0 Å². The first-order valence-electron chi connectivity index (χ1n) is 11.9. The van der Waals surface area contributed by atoms with Gasteiger partial charge in [-0.1, -0.05) is 31.4 Å². The summed E-state index contributed by atoms with van der Waals surface area (Å²) < 4.78 is 7.50. The normalized spacial score (nSPS) is 18.2. The van der Waals surface area contributed by atoms with Crippen molar-refractivity contribution < 1.29 is 4.74 Å². The Balaban J connectivity index is 1.16. The minimum absolute atomic E-state index is 0.457. The molecule has 170 valence electrons. The van der Waals surface area contributed by atoms with Crippen molar-refractivity contribution >= 4 is 22.7 Å². The molecule has 2 aromatic heterocycles. The molecule has 1 aliphatic heterocycles. The Labute approximate surface area is 189 Å². The highest BCUT2D eigenvalue weighted by molar-refractivity contribution is 5.75. The van der Waals surface area contributed by atoms with Gasteiger partial charge in [-0.15, -0.1) is 0 Å². The predicted molar refractivity (Wildman–Crippen MR) is 126 cm³/mol. The molecular formula is C24H33N7O. The number of nitrogens with zero attached hydrogens (tertiary/aromatic N) is 5. The summed E-state index contributed by atoms with van der Waals surface area (Å²) in [6.07, 6.45) is 10.00. The molecule has 2 fully saturated rings. The summed E-state index contributed by atoms with van der Waals surface area (Å²) >= 11 is 0. The Bertz CT molecular complexity index is 991. The lowest BCUT2D eigenvalue weighted by atomic mass is 9.96. The van der Waals surface area contributed by atoms with Gasteiger partial charge in [-0.3, -0.25) is 4.90 Å². The van der Waals surface area contributed by atoms with Crippen LogP contribution in [0.15, 0.2) is 36.7 Å². The molecule has 2 N–H and O–H groups in total. The molecule has 0 amide bonds. The van der Waals surface area contributed by atoms with Crippen LogP contribution >= 0.6 is 0 Å². The molecule has 32 heavy (non-hydrogen) atoms. The number of hydrogen-bond donors (Lipinski definition) is 2. The molecule has 0 spiro atoms. The maximum Gasteiger partial charge on any atom is 0.229 e. The number of hydrogen-bond acceptors (Lipinski definition) is 7. The number of fused-ring (bicyclic) bond motifs is 1. The van der Waals surface area contributed by atoms with Crippen molar-refractivity contribution in [3.05, 3.63) is 42.2 Å². The van der Waals surface area contributed by atoms with Crippen LogP contribution in [0.3, 0.4) is 0 Å². The van der Waals surface area contributed by atoms with Crippen LogP contribution in [0.1, 0.15) is 43.7 Å². The number of aromatic nitrogens is 4. The topological polar surface area (TPSA) is 80.1 Å². The fraction of sp³-hybridized carbons (Fsp3) is 0.542. The summed E-state index contributed by atoms with van der Waals surface area (Å²) in [4.78, 5) is 11.7. The smallest absolute Gasteiger partial charge is 0.229 e. The van der Waals surface area contributed by atoms with E-state index in [1.165, 1.54) is 37.7 Å². The number of ether oxygens (including phenoxy) is 1. The Morgan fingerprint density at radius 2 is 1.81 bits per heavy atom. The van der Waals surface area contributed by atoms with Crippen molar-refractivity contribution in [1.29, 1.82) is 0 Å². The first kappa shape index (κ1) is 21.3. The number of benzene rings is 1. The zero-order valence-electron chi connectivity index (χ0n) is 18.7. The van der Waals surface area contributed by atoms with E-state index in [1.54, 1.807) is 0 Å². The van der Waals surface area contributed by atoms with Gasteiger partial charge in [0.25, 0.3) is 0 Å². The van der Waals surface area contributed by atoms with Gasteiger partial charge in [0.2, 0.25) is 5.95 Å². The zero-order valence-corrected chi connectivity index (χ0v) is 18.7. The molecule has 1 aliphatic carbocycles. The van der Waals surface area contributed by atoms with Gasteiger partial charge in [0.05, 0.1) is 30.8 Å². The Morgan fingerprint density at radius 3 is 2.62 bits per heavy atom. The van der Waals surface area contributed by atoms with E-state index in [4.69, 9.17) is 9.72 Å². The maximum atomic E-state index is 5.40. The Hall–Kier alpha value is -2.55. The maximum absolute atomic E-state index is 5.40. The minimum Gasteiger partial charge on any atom is -0.379 e. The molecule has 1 saturated heterocycles. The highest BCUT2D eigenvalue weighted by Crippen LogP contribution is 2.30. The first-order valence-corrected chi connectivity index (χ1v) is 11.9. The fourth-order valence-corrected chi connectivity index (χ4v) is 4.62. The summed E-state index contributed by atoms with van der Waals surface area (Å²) in [6.45, 7) is 6.72. The molecule has 0 atom stereocenters. The third-order valence-corrected chi connectivity index (χ3v) is 6.50. The second-order valence-electron chi connectivity index (χ2n) is 8.81. The van der Waals surface area contributed by atoms with Gasteiger partial charge in [-0.25, -0.2) is 9.67 Å². The standard InChI is InChI=1S/C24H33N7O/c1-2-4-22(5-3-1)31-23-20(18-27-31)17-26-24(29-23)28-21-8-6-19(7-9-21)16-25-10-11-30-12-14-32-15-13-30/h6-9,17-18,22,25H,1-5,10-16H2,(H,26,28,29). The molecule has 1 saturated carbocycles. The van der Waals surface area contributed by atoms with E-state index in [1.807, 2.05) is 12.4 Å². The number of anilines is 2. The van der Waals surface area contributed by atoms with Crippen molar-refractivity contribution in [1.82, 2.24) is 30.0 Å². The van der Waals surface area contributed by atoms with Crippen LogP contribution in [0.2, 0.25) is 0 Å². The number of nitrogens with one attached hydrogen (secondary N) is 2. The summed E-state index contributed by atoms with van der Waals surface area (Å²) in [5.41, 5.74) is 3.19. The van der Waals surface area contributed by atoms with Crippen LogP contribution in [0, 0.1) is 0 Å². The first-order chi connectivity index (χ1) is 15.8. The van der Waals surface area contributed by atoms with E-state index in [9.17, 15) is 0 Å². The SMILES string of the molecule is c1cc(Nc2ncc3cnn(C4CCCCC4)c3n2)ccc1CNCCN1CCOCC1. The summed E-state index contributed by atoms with van der Waals surface area (Å²) in [6, 6.07) is 8.93. The molecule has 5 rings (SSSR count). The van der Waals surface area contributed by atoms with Gasteiger partial charge in [0.15, 0.2) is 5.65 Å². The van der Waals surface area contributed by atoms with E-state index in [0.29, 0.717) is 12.0 Å². The molecule has 8 heteroatoms. The summed E-state index contributed by atoms with van der Waals surface area (Å²) in [5.74, 6) is 0.617. The molecule has 0 unspecified atom stereocenters. The van der Waals surface area contributed by atoms with Gasteiger partial charge in [0.1, 0.15) is 0 Å². The lowest BCUT2D eigenvalue weighted by Crippen LogP contribution is -2.40. The summed E-state index contributed by atoms with van der Waals surface area (Å²) in [5, 5.41) is 12.5. The van der Waals surface area contributed by atoms with E-state index < -0.39 is 0 Å². The molecule has 8 nitrogen and oxygen atoms in total. The molecule has 0 radical (unpaired) electrons. The van der Waals surface area contributed by atoms with Crippen LogP contribution < -0.4 is 10.6 Å². The van der Waals surface area contributed by atoms with E-state index in [0.717, 1.165) is 62.7 Å². The number of morpholine rings is 1. The average Bonchev–Trinajstić information content (AvgIpc) is 3.27. The van der Waals surface area contributed by atoms with Crippen molar-refractivity contribution in [3.8, 4) is 0 Å². The third kappa shape index (κ3) is 5.26. The molecule has 2 aliphatic rings. The zero-order chi connectivity index (χ0) is 21.6. The highest BCUT2D eigenvalue weighted by Gasteiger charge is 2.19.